The Labute approximate surface area is 182 Å². The van der Waals surface area contributed by atoms with Gasteiger partial charge in [0, 0.05) is 41.1 Å². The Hall–Kier alpha value is -3.19. The van der Waals surface area contributed by atoms with Crippen molar-refractivity contribution >= 4 is 27.3 Å². The lowest BCUT2D eigenvalue weighted by Crippen LogP contribution is -2.48. The monoisotopic (exact) mass is 463 g/mol. The molecule has 2 aliphatic heterocycles. The molecular weight excluding hydrogens is 446 g/mol. The number of hydrogen-bond donors (Lipinski definition) is 0. The number of nitro groups is 1. The Morgan fingerprint density at radius 1 is 1.13 bits per heavy atom. The van der Waals surface area contributed by atoms with E-state index >= 15 is 0 Å². The fraction of sp³-hybridized carbons (Fsp3) is 0.174. The van der Waals surface area contributed by atoms with Crippen molar-refractivity contribution in [2.75, 3.05) is 0 Å². The molecule has 0 amide bonds. The smallest absolute Gasteiger partial charge is 0.269 e. The highest BCUT2D eigenvalue weighted by Crippen LogP contribution is 2.50. The van der Waals surface area contributed by atoms with E-state index < -0.39 is 10.6 Å². The van der Waals surface area contributed by atoms with Gasteiger partial charge >= 0.3 is 0 Å². The van der Waals surface area contributed by atoms with Gasteiger partial charge < -0.3 is 4.74 Å². The Morgan fingerprint density at radius 3 is 2.57 bits per heavy atom. The van der Waals surface area contributed by atoms with Crippen LogP contribution in [0.3, 0.4) is 0 Å². The van der Waals surface area contributed by atoms with Crippen LogP contribution in [0.15, 0.2) is 82.4 Å². The van der Waals surface area contributed by atoms with Crippen LogP contribution in [-0.2, 0) is 5.72 Å². The quantitative estimate of drug-likeness (QED) is 0.365. The van der Waals surface area contributed by atoms with E-state index in [0.717, 1.165) is 39.0 Å². The molecule has 0 fully saturated rings. The molecule has 150 valence electrons. The Kier molecular flexibility index (Phi) is 4.36. The maximum absolute atomic E-state index is 11.1. The number of ether oxygens (including phenoxy) is 1. The van der Waals surface area contributed by atoms with Gasteiger partial charge in [-0.15, -0.1) is 0 Å². The number of non-ortho nitro benzene ring substituents is 1. The van der Waals surface area contributed by atoms with Gasteiger partial charge in [-0.3, -0.25) is 10.1 Å². The normalized spacial score (nSPS) is 22.0. The van der Waals surface area contributed by atoms with Gasteiger partial charge in [0.1, 0.15) is 5.75 Å². The van der Waals surface area contributed by atoms with Gasteiger partial charge in [0.15, 0.2) is 0 Å². The molecule has 30 heavy (non-hydrogen) atoms. The third kappa shape index (κ3) is 2.97. The van der Waals surface area contributed by atoms with Crippen molar-refractivity contribution in [1.29, 1.82) is 0 Å². The second kappa shape index (κ2) is 6.95. The zero-order chi connectivity index (χ0) is 20.9. The van der Waals surface area contributed by atoms with Gasteiger partial charge in [-0.1, -0.05) is 46.3 Å². The molecule has 2 aliphatic rings. The van der Waals surface area contributed by atoms with Crippen LogP contribution in [-0.4, -0.2) is 15.6 Å². The van der Waals surface area contributed by atoms with Crippen LogP contribution < -0.4 is 4.74 Å². The van der Waals surface area contributed by atoms with Crippen LogP contribution in [0.2, 0.25) is 0 Å². The van der Waals surface area contributed by atoms with E-state index in [1.165, 1.54) is 12.1 Å². The average molecular weight is 464 g/mol. The van der Waals surface area contributed by atoms with Crippen molar-refractivity contribution in [3.8, 4) is 5.75 Å². The molecule has 0 saturated carbocycles. The number of rotatable bonds is 3. The summed E-state index contributed by atoms with van der Waals surface area (Å²) in [6.07, 6.45) is 0.749. The van der Waals surface area contributed by atoms with E-state index in [4.69, 9.17) is 9.84 Å². The second-order valence-corrected chi connectivity index (χ2v) is 8.46. The molecule has 0 saturated heterocycles. The topological polar surface area (TPSA) is 68.0 Å². The number of benzene rings is 3. The van der Waals surface area contributed by atoms with Gasteiger partial charge in [0.25, 0.3) is 5.69 Å². The molecule has 6 nitrogen and oxygen atoms in total. The van der Waals surface area contributed by atoms with Gasteiger partial charge in [0.05, 0.1) is 16.7 Å². The van der Waals surface area contributed by atoms with Crippen LogP contribution in [0.1, 0.15) is 36.1 Å². The minimum Gasteiger partial charge on any atom is -0.462 e. The number of hydrogen-bond acceptors (Lipinski definition) is 5. The van der Waals surface area contributed by atoms with E-state index in [9.17, 15) is 10.1 Å². The largest absolute Gasteiger partial charge is 0.462 e. The van der Waals surface area contributed by atoms with Gasteiger partial charge in [-0.2, -0.15) is 5.10 Å². The van der Waals surface area contributed by atoms with Crippen molar-refractivity contribution in [1.82, 2.24) is 5.01 Å². The summed E-state index contributed by atoms with van der Waals surface area (Å²) in [6.45, 7) is 1.96. The minimum atomic E-state index is -0.892. The van der Waals surface area contributed by atoms with E-state index in [2.05, 4.69) is 34.1 Å². The molecule has 3 aromatic rings. The zero-order valence-corrected chi connectivity index (χ0v) is 17.7. The molecule has 0 radical (unpaired) electrons. The predicted molar refractivity (Wildman–Crippen MR) is 117 cm³/mol. The molecule has 7 heteroatoms. The van der Waals surface area contributed by atoms with Gasteiger partial charge in [0.2, 0.25) is 5.72 Å². The third-order valence-electron chi connectivity index (χ3n) is 5.71. The predicted octanol–water partition coefficient (Wildman–Crippen LogP) is 5.77. The molecule has 2 heterocycles. The molecule has 5 rings (SSSR count). The highest BCUT2D eigenvalue weighted by molar-refractivity contribution is 9.10. The van der Waals surface area contributed by atoms with Crippen molar-refractivity contribution in [2.45, 2.75) is 25.1 Å². The summed E-state index contributed by atoms with van der Waals surface area (Å²) in [5, 5.41) is 18.0. The Bertz CT molecular complexity index is 1160. The van der Waals surface area contributed by atoms with E-state index in [1.807, 2.05) is 42.3 Å². The van der Waals surface area contributed by atoms with Crippen LogP contribution in [0.5, 0.6) is 5.75 Å². The summed E-state index contributed by atoms with van der Waals surface area (Å²) >= 11 is 3.57. The summed E-state index contributed by atoms with van der Waals surface area (Å²) < 4.78 is 7.47. The Morgan fingerprint density at radius 2 is 1.87 bits per heavy atom. The van der Waals surface area contributed by atoms with Crippen molar-refractivity contribution in [3.05, 3.63) is 104 Å². The minimum absolute atomic E-state index is 0.00153. The van der Waals surface area contributed by atoms with Crippen molar-refractivity contribution in [2.24, 2.45) is 5.10 Å². The highest BCUT2D eigenvalue weighted by Gasteiger charge is 2.48. The number of halogens is 1. The van der Waals surface area contributed by atoms with Crippen molar-refractivity contribution in [3.63, 3.8) is 0 Å². The maximum Gasteiger partial charge on any atom is 0.269 e. The number of nitrogens with zero attached hydrogens (tertiary/aromatic N) is 3. The van der Waals surface area contributed by atoms with Crippen LogP contribution in [0.4, 0.5) is 5.69 Å². The number of fused-ring (bicyclic) bond motifs is 3. The lowest BCUT2D eigenvalue weighted by Gasteiger charge is -2.46. The average Bonchev–Trinajstić information content (AvgIpc) is 3.22. The summed E-state index contributed by atoms with van der Waals surface area (Å²) in [5.74, 6) is 0.796. The first-order valence-electron chi connectivity index (χ1n) is 9.61. The molecule has 0 N–H and O–H groups in total. The molecule has 3 aromatic carbocycles. The lowest BCUT2D eigenvalue weighted by atomic mass is 9.92. The lowest BCUT2D eigenvalue weighted by molar-refractivity contribution is -0.384. The zero-order valence-electron chi connectivity index (χ0n) is 16.2. The highest BCUT2D eigenvalue weighted by atomic mass is 79.9. The summed E-state index contributed by atoms with van der Waals surface area (Å²) in [6, 6.07) is 22.6. The van der Waals surface area contributed by atoms with E-state index in [-0.39, 0.29) is 11.7 Å². The summed E-state index contributed by atoms with van der Waals surface area (Å²) in [5.41, 5.74) is 3.11. The second-order valence-electron chi connectivity index (χ2n) is 7.55. The molecule has 0 bridgehead atoms. The molecule has 0 spiro atoms. The van der Waals surface area contributed by atoms with Crippen LogP contribution >= 0.6 is 15.9 Å². The molecule has 0 unspecified atom stereocenters. The standard InChI is InChI=1S/C23H18BrN3O3/c1-23(16-7-10-18(11-8-16)27(28)29)26-21(19-13-17(24)9-12-22(19)30-23)14-20(25-26)15-5-3-2-4-6-15/h2-13,21H,14H2,1H3/t21-,23+/m1/s1. The Balaban J connectivity index is 1.64. The van der Waals surface area contributed by atoms with Crippen LogP contribution in [0, 0.1) is 10.1 Å². The van der Waals surface area contributed by atoms with Crippen LogP contribution in [0.25, 0.3) is 0 Å². The van der Waals surface area contributed by atoms with E-state index in [1.54, 1.807) is 12.1 Å². The maximum atomic E-state index is 11.1. The molecular formula is C23H18BrN3O3. The first-order chi connectivity index (χ1) is 14.5. The first kappa shape index (κ1) is 18.8. The fourth-order valence-corrected chi connectivity index (χ4v) is 4.55. The first-order valence-corrected chi connectivity index (χ1v) is 10.4. The van der Waals surface area contributed by atoms with Crippen molar-refractivity contribution < 1.29 is 9.66 Å². The van der Waals surface area contributed by atoms with E-state index in [0.29, 0.717) is 0 Å². The number of hydrazone groups is 1. The molecule has 0 aromatic heterocycles. The van der Waals surface area contributed by atoms with Gasteiger partial charge in [-0.25, -0.2) is 5.01 Å². The molecule has 0 aliphatic carbocycles. The summed E-state index contributed by atoms with van der Waals surface area (Å²) in [7, 11) is 0. The SMILES string of the molecule is C[C@@]1(c2ccc([N+](=O)[O-])cc2)Oc2ccc(Br)cc2[C@H]2CC(c3ccccc3)=NN21. The summed E-state index contributed by atoms with van der Waals surface area (Å²) in [4.78, 5) is 10.7. The molecule has 2 atom stereocenters. The third-order valence-corrected chi connectivity index (χ3v) is 6.20. The number of nitro benzene ring substituents is 1. The fourth-order valence-electron chi connectivity index (χ4n) is 4.17. The van der Waals surface area contributed by atoms with Gasteiger partial charge in [-0.05, 0) is 35.9 Å².